The summed E-state index contributed by atoms with van der Waals surface area (Å²) in [5.41, 5.74) is 0.568. The first-order chi connectivity index (χ1) is 12.3. The van der Waals surface area contributed by atoms with E-state index in [1.807, 2.05) is 35.2 Å². The van der Waals surface area contributed by atoms with Gasteiger partial charge in [-0.15, -0.1) is 0 Å². The topological polar surface area (TPSA) is 69.5 Å². The molecule has 1 aromatic heterocycles. The molecule has 0 atom stereocenters. The minimum Gasteiger partial charge on any atom is -0.493 e. The van der Waals surface area contributed by atoms with Crippen molar-refractivity contribution in [2.24, 2.45) is 0 Å². The molecular weight excluding hydrogens is 316 g/mol. The zero-order valence-electron chi connectivity index (χ0n) is 14.0. The van der Waals surface area contributed by atoms with Crippen molar-refractivity contribution in [3.8, 4) is 11.8 Å². The minimum absolute atomic E-state index is 0.0945. The van der Waals surface area contributed by atoms with Crippen LogP contribution in [0.4, 0.5) is 5.82 Å². The van der Waals surface area contributed by atoms with Crippen LogP contribution >= 0.6 is 0 Å². The highest BCUT2D eigenvalue weighted by Gasteiger charge is 2.23. The van der Waals surface area contributed by atoms with Crippen molar-refractivity contribution in [3.05, 3.63) is 54.2 Å². The van der Waals surface area contributed by atoms with E-state index in [4.69, 9.17) is 4.74 Å². The largest absolute Gasteiger partial charge is 0.493 e. The van der Waals surface area contributed by atoms with Gasteiger partial charge in [-0.3, -0.25) is 4.79 Å². The van der Waals surface area contributed by atoms with E-state index in [9.17, 15) is 10.1 Å². The number of para-hydroxylation sites is 1. The van der Waals surface area contributed by atoms with Gasteiger partial charge in [-0.05, 0) is 24.3 Å². The van der Waals surface area contributed by atoms with E-state index in [0.29, 0.717) is 50.6 Å². The second kappa shape index (κ2) is 8.15. The third-order valence-electron chi connectivity index (χ3n) is 4.17. The minimum atomic E-state index is 0.0945. The van der Waals surface area contributed by atoms with E-state index in [2.05, 4.69) is 16.0 Å². The summed E-state index contributed by atoms with van der Waals surface area (Å²) >= 11 is 0. The lowest BCUT2D eigenvalue weighted by molar-refractivity contribution is -0.132. The molecule has 6 heteroatoms. The molecule has 25 heavy (non-hydrogen) atoms. The number of aromatic nitrogens is 1. The molecule has 1 aliphatic rings. The van der Waals surface area contributed by atoms with Gasteiger partial charge in [0.05, 0.1) is 18.6 Å². The molecule has 0 N–H and O–H groups in total. The molecule has 0 unspecified atom stereocenters. The summed E-state index contributed by atoms with van der Waals surface area (Å²) < 4.78 is 5.58. The molecule has 6 nitrogen and oxygen atoms in total. The molecule has 2 aromatic rings. The molecular formula is C19H20N4O2. The average molecular weight is 336 g/mol. The Labute approximate surface area is 147 Å². The fourth-order valence-electron chi connectivity index (χ4n) is 2.83. The Morgan fingerprint density at radius 3 is 2.60 bits per heavy atom. The monoisotopic (exact) mass is 336 g/mol. The van der Waals surface area contributed by atoms with Crippen molar-refractivity contribution in [1.29, 1.82) is 5.26 Å². The van der Waals surface area contributed by atoms with E-state index in [-0.39, 0.29) is 5.91 Å². The number of nitriles is 1. The number of carbonyl (C=O) groups excluding carboxylic acids is 1. The Kier molecular flexibility index (Phi) is 5.47. The van der Waals surface area contributed by atoms with Gasteiger partial charge in [0, 0.05) is 32.4 Å². The van der Waals surface area contributed by atoms with Gasteiger partial charge < -0.3 is 14.5 Å². The predicted molar refractivity (Wildman–Crippen MR) is 94.3 cm³/mol. The molecule has 0 aliphatic carbocycles. The van der Waals surface area contributed by atoms with Gasteiger partial charge in [0.1, 0.15) is 17.6 Å². The highest BCUT2D eigenvalue weighted by Crippen LogP contribution is 2.18. The van der Waals surface area contributed by atoms with Crippen LogP contribution in [0.1, 0.15) is 12.0 Å². The van der Waals surface area contributed by atoms with Gasteiger partial charge in [-0.25, -0.2) is 4.98 Å². The van der Waals surface area contributed by atoms with E-state index in [0.717, 1.165) is 5.75 Å². The number of hydrogen-bond acceptors (Lipinski definition) is 5. The number of piperazine rings is 1. The van der Waals surface area contributed by atoms with Crippen LogP contribution < -0.4 is 9.64 Å². The van der Waals surface area contributed by atoms with E-state index >= 15 is 0 Å². The van der Waals surface area contributed by atoms with Crippen LogP contribution in [0.3, 0.4) is 0 Å². The molecule has 1 fully saturated rings. The normalized spacial score (nSPS) is 14.0. The molecule has 128 valence electrons. The summed E-state index contributed by atoms with van der Waals surface area (Å²) in [5, 5.41) is 9.19. The Balaban J connectivity index is 1.47. The molecule has 0 bridgehead atoms. The smallest absolute Gasteiger partial charge is 0.226 e. The van der Waals surface area contributed by atoms with Crippen molar-refractivity contribution in [1.82, 2.24) is 9.88 Å². The molecule has 0 saturated carbocycles. The summed E-state index contributed by atoms with van der Waals surface area (Å²) in [5.74, 6) is 1.57. The van der Waals surface area contributed by atoms with Crippen LogP contribution in [0.5, 0.6) is 5.75 Å². The van der Waals surface area contributed by atoms with Crippen LogP contribution in [0.25, 0.3) is 0 Å². The average Bonchev–Trinajstić information content (AvgIpc) is 2.69. The molecule has 0 spiro atoms. The summed E-state index contributed by atoms with van der Waals surface area (Å²) in [6, 6.07) is 15.2. The quantitative estimate of drug-likeness (QED) is 0.836. The lowest BCUT2D eigenvalue weighted by Gasteiger charge is -2.35. The molecule has 1 aliphatic heterocycles. The van der Waals surface area contributed by atoms with Crippen LogP contribution in [0.15, 0.2) is 48.7 Å². The highest BCUT2D eigenvalue weighted by atomic mass is 16.5. The number of amides is 1. The summed E-state index contributed by atoms with van der Waals surface area (Å²) in [6.07, 6.45) is 2.05. The second-order valence-corrected chi connectivity index (χ2v) is 5.77. The van der Waals surface area contributed by atoms with Crippen molar-refractivity contribution in [2.75, 3.05) is 37.7 Å². The lowest BCUT2D eigenvalue weighted by Crippen LogP contribution is -2.49. The number of carbonyl (C=O) groups is 1. The van der Waals surface area contributed by atoms with Gasteiger partial charge in [-0.2, -0.15) is 5.26 Å². The van der Waals surface area contributed by atoms with Gasteiger partial charge in [-0.1, -0.05) is 18.2 Å². The van der Waals surface area contributed by atoms with Crippen molar-refractivity contribution in [3.63, 3.8) is 0 Å². The maximum absolute atomic E-state index is 12.3. The summed E-state index contributed by atoms with van der Waals surface area (Å²) in [7, 11) is 0. The van der Waals surface area contributed by atoms with E-state index in [1.165, 1.54) is 0 Å². The molecule has 1 saturated heterocycles. The van der Waals surface area contributed by atoms with Crippen LogP contribution in [0.2, 0.25) is 0 Å². The number of nitrogens with zero attached hydrogens (tertiary/aromatic N) is 4. The number of anilines is 1. The van der Waals surface area contributed by atoms with Crippen LogP contribution in [-0.4, -0.2) is 48.6 Å². The van der Waals surface area contributed by atoms with Gasteiger partial charge >= 0.3 is 0 Å². The predicted octanol–water partition coefficient (Wildman–Crippen LogP) is 2.07. The first kappa shape index (κ1) is 16.8. The van der Waals surface area contributed by atoms with E-state index < -0.39 is 0 Å². The number of benzene rings is 1. The number of ether oxygens (including phenoxy) is 1. The maximum Gasteiger partial charge on any atom is 0.226 e. The lowest BCUT2D eigenvalue weighted by atomic mass is 10.2. The van der Waals surface area contributed by atoms with Crippen LogP contribution in [0, 0.1) is 11.3 Å². The van der Waals surface area contributed by atoms with Crippen molar-refractivity contribution < 1.29 is 9.53 Å². The Hall–Kier alpha value is -3.07. The second-order valence-electron chi connectivity index (χ2n) is 5.77. The van der Waals surface area contributed by atoms with Gasteiger partial charge in [0.15, 0.2) is 0 Å². The standard InChI is InChI=1S/C19H20N4O2/c20-15-16-5-4-9-21-19(16)23-12-10-22(11-13-23)18(24)8-14-25-17-6-2-1-3-7-17/h1-7,9H,8,10-14H2. The zero-order chi connectivity index (χ0) is 17.5. The Morgan fingerprint density at radius 1 is 1.12 bits per heavy atom. The molecule has 2 heterocycles. The van der Waals surface area contributed by atoms with E-state index in [1.54, 1.807) is 18.3 Å². The van der Waals surface area contributed by atoms with Crippen molar-refractivity contribution in [2.45, 2.75) is 6.42 Å². The number of hydrogen-bond donors (Lipinski definition) is 0. The highest BCUT2D eigenvalue weighted by molar-refractivity contribution is 5.76. The zero-order valence-corrected chi connectivity index (χ0v) is 14.0. The molecule has 0 radical (unpaired) electrons. The molecule has 1 aromatic carbocycles. The third kappa shape index (κ3) is 4.27. The Bertz CT molecular complexity index is 750. The van der Waals surface area contributed by atoms with Gasteiger partial charge in [0.2, 0.25) is 5.91 Å². The van der Waals surface area contributed by atoms with Gasteiger partial charge in [0.25, 0.3) is 0 Å². The first-order valence-corrected chi connectivity index (χ1v) is 8.33. The summed E-state index contributed by atoms with van der Waals surface area (Å²) in [4.78, 5) is 20.5. The molecule has 3 rings (SSSR count). The number of pyridine rings is 1. The Morgan fingerprint density at radius 2 is 1.88 bits per heavy atom. The summed E-state index contributed by atoms with van der Waals surface area (Å²) in [6.45, 7) is 2.99. The number of rotatable bonds is 5. The maximum atomic E-state index is 12.3. The van der Waals surface area contributed by atoms with Crippen LogP contribution in [-0.2, 0) is 4.79 Å². The third-order valence-corrected chi connectivity index (χ3v) is 4.17. The van der Waals surface area contributed by atoms with Crippen molar-refractivity contribution >= 4 is 11.7 Å². The first-order valence-electron chi connectivity index (χ1n) is 8.33. The fourth-order valence-corrected chi connectivity index (χ4v) is 2.83. The fraction of sp³-hybridized carbons (Fsp3) is 0.316. The molecule has 1 amide bonds. The SMILES string of the molecule is N#Cc1cccnc1N1CCN(C(=O)CCOc2ccccc2)CC1.